The third-order valence-corrected chi connectivity index (χ3v) is 2.76. The van der Waals surface area contributed by atoms with Gasteiger partial charge < -0.3 is 9.30 Å². The first-order valence-electron chi connectivity index (χ1n) is 6.22. The molecule has 0 unspecified atom stereocenters. The molecule has 20 heavy (non-hydrogen) atoms. The summed E-state index contributed by atoms with van der Waals surface area (Å²) in [5.41, 5.74) is 1.07. The number of hydrogen-bond acceptors (Lipinski definition) is 3. The minimum absolute atomic E-state index is 0.170. The first-order valence-corrected chi connectivity index (χ1v) is 6.22. The number of aromatic nitrogens is 1. The van der Waals surface area contributed by atoms with Crippen LogP contribution in [0.5, 0.6) is 0 Å². The standard InChI is InChI=1S/C16H15NO3/c1-17-10-9-14(12-15(17)18)16(19)20-11-5-8-13-6-3-2-4-7-13/h2-10,12H,11H2,1H3/b8-5-. The second kappa shape index (κ2) is 6.52. The molecule has 4 heteroatoms. The number of benzene rings is 1. The highest BCUT2D eigenvalue weighted by molar-refractivity contribution is 5.89. The van der Waals surface area contributed by atoms with E-state index >= 15 is 0 Å². The van der Waals surface area contributed by atoms with Gasteiger partial charge in [-0.1, -0.05) is 36.4 Å². The van der Waals surface area contributed by atoms with Gasteiger partial charge in [0.25, 0.3) is 5.56 Å². The Bertz CT molecular complexity index is 672. The van der Waals surface area contributed by atoms with Crippen molar-refractivity contribution < 1.29 is 9.53 Å². The van der Waals surface area contributed by atoms with Crippen molar-refractivity contribution in [3.05, 3.63) is 76.2 Å². The van der Waals surface area contributed by atoms with E-state index in [2.05, 4.69) is 0 Å². The van der Waals surface area contributed by atoms with Gasteiger partial charge in [0.15, 0.2) is 0 Å². The van der Waals surface area contributed by atoms with Crippen LogP contribution in [0.1, 0.15) is 15.9 Å². The highest BCUT2D eigenvalue weighted by Crippen LogP contribution is 2.02. The molecule has 0 fully saturated rings. The van der Waals surface area contributed by atoms with Crippen LogP contribution < -0.4 is 5.56 Å². The zero-order valence-electron chi connectivity index (χ0n) is 11.2. The summed E-state index contributed by atoms with van der Waals surface area (Å²) in [6.45, 7) is 0.170. The maximum Gasteiger partial charge on any atom is 0.338 e. The first kappa shape index (κ1) is 13.8. The summed E-state index contributed by atoms with van der Waals surface area (Å²) >= 11 is 0. The van der Waals surface area contributed by atoms with E-state index in [9.17, 15) is 9.59 Å². The molecule has 0 saturated carbocycles. The molecule has 0 radical (unpaired) electrons. The van der Waals surface area contributed by atoms with Crippen LogP contribution in [-0.4, -0.2) is 17.1 Å². The average Bonchev–Trinajstić information content (AvgIpc) is 2.47. The first-order chi connectivity index (χ1) is 9.66. The van der Waals surface area contributed by atoms with Crippen LogP contribution in [0.2, 0.25) is 0 Å². The molecule has 0 bridgehead atoms. The van der Waals surface area contributed by atoms with E-state index in [1.54, 1.807) is 25.4 Å². The van der Waals surface area contributed by atoms with Crippen LogP contribution in [0.3, 0.4) is 0 Å². The molecule has 2 rings (SSSR count). The summed E-state index contributed by atoms with van der Waals surface area (Å²) in [5, 5.41) is 0. The Morgan fingerprint density at radius 3 is 2.70 bits per heavy atom. The van der Waals surface area contributed by atoms with Crippen LogP contribution in [-0.2, 0) is 11.8 Å². The molecule has 1 aromatic heterocycles. The molecule has 0 aliphatic rings. The Morgan fingerprint density at radius 2 is 2.00 bits per heavy atom. The summed E-state index contributed by atoms with van der Waals surface area (Å²) in [7, 11) is 1.63. The molecule has 1 heterocycles. The van der Waals surface area contributed by atoms with Crippen LogP contribution in [0.25, 0.3) is 6.08 Å². The number of pyridine rings is 1. The second-order valence-electron chi connectivity index (χ2n) is 4.28. The summed E-state index contributed by atoms with van der Waals surface area (Å²) in [6, 6.07) is 12.6. The van der Waals surface area contributed by atoms with Crippen molar-refractivity contribution in [2.45, 2.75) is 0 Å². The van der Waals surface area contributed by atoms with Gasteiger partial charge in [-0.05, 0) is 17.7 Å². The average molecular weight is 269 g/mol. The van der Waals surface area contributed by atoms with Gasteiger partial charge in [-0.2, -0.15) is 0 Å². The summed E-state index contributed by atoms with van der Waals surface area (Å²) in [5.74, 6) is -0.500. The Balaban J connectivity index is 1.91. The zero-order valence-corrected chi connectivity index (χ0v) is 11.2. The SMILES string of the molecule is Cn1ccc(C(=O)OC/C=C\c2ccccc2)cc1=O. The van der Waals surface area contributed by atoms with Crippen molar-refractivity contribution in [3.8, 4) is 0 Å². The van der Waals surface area contributed by atoms with Crippen molar-refractivity contribution in [2.24, 2.45) is 7.05 Å². The predicted octanol–water partition coefficient (Wildman–Crippen LogP) is 2.26. The largest absolute Gasteiger partial charge is 0.458 e. The van der Waals surface area contributed by atoms with Gasteiger partial charge >= 0.3 is 5.97 Å². The monoisotopic (exact) mass is 269 g/mol. The Labute approximate surface area is 116 Å². The summed E-state index contributed by atoms with van der Waals surface area (Å²) in [6.07, 6.45) is 5.17. The fourth-order valence-corrected chi connectivity index (χ4v) is 1.63. The normalized spacial score (nSPS) is 10.7. The molecule has 0 aliphatic heterocycles. The predicted molar refractivity (Wildman–Crippen MR) is 77.4 cm³/mol. The van der Waals surface area contributed by atoms with Crippen molar-refractivity contribution in [1.82, 2.24) is 4.57 Å². The van der Waals surface area contributed by atoms with Crippen molar-refractivity contribution in [3.63, 3.8) is 0 Å². The molecule has 0 N–H and O–H groups in total. The van der Waals surface area contributed by atoms with Gasteiger partial charge in [0.05, 0.1) is 5.56 Å². The molecule has 102 valence electrons. The van der Waals surface area contributed by atoms with E-state index in [4.69, 9.17) is 4.74 Å². The fraction of sp³-hybridized carbons (Fsp3) is 0.125. The Hall–Kier alpha value is -2.62. The molecule has 2 aromatic rings. The molecule has 0 aliphatic carbocycles. The van der Waals surface area contributed by atoms with Gasteiger partial charge in [0, 0.05) is 19.3 Å². The lowest BCUT2D eigenvalue weighted by atomic mass is 10.2. The molecule has 0 amide bonds. The van der Waals surface area contributed by atoms with Gasteiger partial charge in [-0.3, -0.25) is 4.79 Å². The van der Waals surface area contributed by atoms with Gasteiger partial charge in [-0.25, -0.2) is 4.79 Å². The number of hydrogen-bond donors (Lipinski definition) is 0. The van der Waals surface area contributed by atoms with Crippen LogP contribution in [0.4, 0.5) is 0 Å². The molecule has 4 nitrogen and oxygen atoms in total. The molecule has 0 spiro atoms. The fourth-order valence-electron chi connectivity index (χ4n) is 1.63. The lowest BCUT2D eigenvalue weighted by Crippen LogP contribution is -2.17. The van der Waals surface area contributed by atoms with E-state index in [1.807, 2.05) is 36.4 Å². The van der Waals surface area contributed by atoms with E-state index < -0.39 is 5.97 Å². The number of carbonyl (C=O) groups is 1. The van der Waals surface area contributed by atoms with Gasteiger partial charge in [0.2, 0.25) is 0 Å². The topological polar surface area (TPSA) is 48.3 Å². The number of carbonyl (C=O) groups excluding carboxylic acids is 1. The van der Waals surface area contributed by atoms with Crippen LogP contribution >= 0.6 is 0 Å². The number of nitrogens with zero attached hydrogens (tertiary/aromatic N) is 1. The molecule has 0 saturated heterocycles. The highest BCUT2D eigenvalue weighted by Gasteiger charge is 2.06. The van der Waals surface area contributed by atoms with E-state index in [0.717, 1.165) is 5.56 Å². The maximum atomic E-state index is 11.7. The lowest BCUT2D eigenvalue weighted by Gasteiger charge is -2.02. The minimum atomic E-state index is -0.500. The minimum Gasteiger partial charge on any atom is -0.458 e. The van der Waals surface area contributed by atoms with Crippen molar-refractivity contribution >= 4 is 12.0 Å². The number of esters is 1. The Kier molecular flexibility index (Phi) is 4.50. The molecule has 0 atom stereocenters. The third kappa shape index (κ3) is 3.68. The van der Waals surface area contributed by atoms with E-state index in [1.165, 1.54) is 10.6 Å². The summed E-state index contributed by atoms with van der Waals surface area (Å²) < 4.78 is 6.47. The highest BCUT2D eigenvalue weighted by atomic mass is 16.5. The third-order valence-electron chi connectivity index (χ3n) is 2.76. The van der Waals surface area contributed by atoms with E-state index in [-0.39, 0.29) is 17.7 Å². The van der Waals surface area contributed by atoms with Crippen molar-refractivity contribution in [2.75, 3.05) is 6.61 Å². The van der Waals surface area contributed by atoms with Crippen LogP contribution in [0, 0.1) is 0 Å². The van der Waals surface area contributed by atoms with E-state index in [0.29, 0.717) is 0 Å². The summed E-state index contributed by atoms with van der Waals surface area (Å²) in [4.78, 5) is 23.1. The smallest absolute Gasteiger partial charge is 0.338 e. The van der Waals surface area contributed by atoms with Gasteiger partial charge in [-0.15, -0.1) is 0 Å². The molecule has 1 aromatic carbocycles. The number of rotatable bonds is 4. The Morgan fingerprint density at radius 1 is 1.25 bits per heavy atom. The quantitative estimate of drug-likeness (QED) is 0.800. The van der Waals surface area contributed by atoms with Crippen LogP contribution in [0.15, 0.2) is 59.5 Å². The van der Waals surface area contributed by atoms with Crippen molar-refractivity contribution in [1.29, 1.82) is 0 Å². The number of aryl methyl sites for hydroxylation is 1. The number of ether oxygens (including phenoxy) is 1. The van der Waals surface area contributed by atoms with Gasteiger partial charge in [0.1, 0.15) is 6.61 Å². The zero-order chi connectivity index (χ0) is 14.4. The molecular weight excluding hydrogens is 254 g/mol. The second-order valence-corrected chi connectivity index (χ2v) is 4.28. The molecular formula is C16H15NO3. The lowest BCUT2D eigenvalue weighted by molar-refractivity contribution is 0.0549. The maximum absolute atomic E-state index is 11.7.